The van der Waals surface area contributed by atoms with Crippen LogP contribution in [-0.4, -0.2) is 22.7 Å². The number of nitrogens with zero attached hydrogens (tertiary/aromatic N) is 1. The van der Waals surface area contributed by atoms with Crippen LogP contribution >= 0.6 is 22.9 Å². The third-order valence-electron chi connectivity index (χ3n) is 5.24. The second-order valence-corrected chi connectivity index (χ2v) is 8.59. The first-order valence-corrected chi connectivity index (χ1v) is 9.65. The van der Waals surface area contributed by atoms with Crippen molar-refractivity contribution in [3.63, 3.8) is 0 Å². The Bertz CT molecular complexity index is 1150. The molecule has 3 aromatic rings. The number of aromatic hydroxyl groups is 2. The zero-order valence-corrected chi connectivity index (χ0v) is 15.9. The number of hydrogen-bond donors (Lipinski definition) is 2. The number of thiophene rings is 1. The van der Waals surface area contributed by atoms with Gasteiger partial charge in [-0.15, -0.1) is 11.3 Å². The molecule has 1 spiro atoms. The summed E-state index contributed by atoms with van der Waals surface area (Å²) in [6, 6.07) is 10.4. The number of benzene rings is 2. The Hall–Kier alpha value is -2.77. The molecule has 1 unspecified atom stereocenters. The van der Waals surface area contributed by atoms with E-state index in [-0.39, 0.29) is 30.6 Å². The zero-order valence-electron chi connectivity index (χ0n) is 14.3. The predicted molar refractivity (Wildman–Crippen MR) is 103 cm³/mol. The van der Waals surface area contributed by atoms with E-state index in [1.165, 1.54) is 35.6 Å². The molecule has 2 aliphatic rings. The molecule has 2 aromatic carbocycles. The van der Waals surface area contributed by atoms with Gasteiger partial charge in [0.15, 0.2) is 11.5 Å². The molecular weight excluding hydrogens is 405 g/mol. The summed E-state index contributed by atoms with van der Waals surface area (Å²) in [4.78, 5) is 16.1. The lowest BCUT2D eigenvalue weighted by Crippen LogP contribution is -2.42. The number of carbonyl (C=O) groups excluding carboxylic acids is 1. The van der Waals surface area contributed by atoms with Gasteiger partial charge in [0.1, 0.15) is 23.6 Å². The number of ether oxygens (including phenoxy) is 1. The van der Waals surface area contributed by atoms with Crippen LogP contribution < -0.4 is 9.64 Å². The van der Waals surface area contributed by atoms with Gasteiger partial charge in [0.2, 0.25) is 5.91 Å². The maximum absolute atomic E-state index is 14.1. The van der Waals surface area contributed by atoms with E-state index in [0.717, 1.165) is 4.88 Å². The second kappa shape index (κ2) is 5.86. The van der Waals surface area contributed by atoms with Gasteiger partial charge in [-0.05, 0) is 36.4 Å². The molecule has 3 heterocycles. The molecule has 1 amide bonds. The number of phenolic OH excluding ortho intramolecular Hbond substituents is 2. The second-order valence-electron chi connectivity index (χ2n) is 6.79. The standard InChI is InChI=1S/C20H13ClFNO4S/c21-18-4-2-11(28-18)8-23-14-3-1-10(22)5-12(14)20(19(23)26)9-27-17-7-16(25)15(24)6-13(17)20/h1-7,24-25H,8-9H2. The summed E-state index contributed by atoms with van der Waals surface area (Å²) in [7, 11) is 0. The summed E-state index contributed by atoms with van der Waals surface area (Å²) >= 11 is 7.39. The first-order chi connectivity index (χ1) is 13.4. The summed E-state index contributed by atoms with van der Waals surface area (Å²) < 4.78 is 20.4. The van der Waals surface area contributed by atoms with Gasteiger partial charge in [0.25, 0.3) is 0 Å². The molecule has 1 aromatic heterocycles. The van der Waals surface area contributed by atoms with Crippen LogP contribution in [0.1, 0.15) is 16.0 Å². The van der Waals surface area contributed by atoms with Gasteiger partial charge >= 0.3 is 0 Å². The molecule has 0 fully saturated rings. The van der Waals surface area contributed by atoms with Crippen LogP contribution in [0, 0.1) is 5.82 Å². The summed E-state index contributed by atoms with van der Waals surface area (Å²) in [6.07, 6.45) is 0. The molecule has 5 nitrogen and oxygen atoms in total. The Morgan fingerprint density at radius 3 is 2.68 bits per heavy atom. The fraction of sp³-hybridized carbons (Fsp3) is 0.150. The van der Waals surface area contributed by atoms with Crippen LogP contribution in [0.15, 0.2) is 42.5 Å². The fourth-order valence-electron chi connectivity index (χ4n) is 3.96. The van der Waals surface area contributed by atoms with Crippen molar-refractivity contribution in [2.75, 3.05) is 11.5 Å². The molecule has 2 N–H and O–H groups in total. The molecule has 142 valence electrons. The Labute approximate surface area is 168 Å². The van der Waals surface area contributed by atoms with E-state index in [2.05, 4.69) is 0 Å². The van der Waals surface area contributed by atoms with E-state index in [1.807, 2.05) is 6.07 Å². The van der Waals surface area contributed by atoms with E-state index in [1.54, 1.807) is 17.0 Å². The SMILES string of the molecule is O=C1N(Cc2ccc(Cl)s2)c2ccc(F)cc2C12COc1cc(O)c(O)cc12. The van der Waals surface area contributed by atoms with Gasteiger partial charge in [-0.2, -0.15) is 0 Å². The van der Waals surface area contributed by atoms with Gasteiger partial charge in [0, 0.05) is 27.8 Å². The number of halogens is 2. The smallest absolute Gasteiger partial charge is 0.246 e. The number of carbonyl (C=O) groups is 1. The van der Waals surface area contributed by atoms with Crippen LogP contribution in [0.4, 0.5) is 10.1 Å². The number of amides is 1. The van der Waals surface area contributed by atoms with E-state index < -0.39 is 11.2 Å². The molecule has 0 saturated heterocycles. The third kappa shape index (κ3) is 2.26. The van der Waals surface area contributed by atoms with Crippen molar-refractivity contribution in [1.29, 1.82) is 0 Å². The van der Waals surface area contributed by atoms with Gasteiger partial charge in [0.05, 0.1) is 10.9 Å². The zero-order chi connectivity index (χ0) is 19.6. The molecular formula is C20H13ClFNO4S. The Morgan fingerprint density at radius 1 is 1.14 bits per heavy atom. The van der Waals surface area contributed by atoms with Crippen molar-refractivity contribution >= 4 is 34.5 Å². The molecule has 0 saturated carbocycles. The van der Waals surface area contributed by atoms with Gasteiger partial charge in [-0.1, -0.05) is 11.6 Å². The molecule has 0 radical (unpaired) electrons. The van der Waals surface area contributed by atoms with Crippen LogP contribution in [0.3, 0.4) is 0 Å². The maximum Gasteiger partial charge on any atom is 0.246 e. The molecule has 28 heavy (non-hydrogen) atoms. The maximum atomic E-state index is 14.1. The normalized spacial score (nSPS) is 19.8. The average Bonchev–Trinajstić information content (AvgIpc) is 3.29. The molecule has 1 atom stereocenters. The summed E-state index contributed by atoms with van der Waals surface area (Å²) in [5.41, 5.74) is 0.189. The van der Waals surface area contributed by atoms with E-state index in [0.29, 0.717) is 26.9 Å². The van der Waals surface area contributed by atoms with E-state index in [9.17, 15) is 19.4 Å². The van der Waals surface area contributed by atoms with Crippen molar-refractivity contribution < 1.29 is 24.1 Å². The van der Waals surface area contributed by atoms with Crippen LogP contribution in [-0.2, 0) is 16.8 Å². The summed E-state index contributed by atoms with van der Waals surface area (Å²) in [5, 5.41) is 19.8. The summed E-state index contributed by atoms with van der Waals surface area (Å²) in [6.45, 7) is 0.248. The van der Waals surface area contributed by atoms with E-state index in [4.69, 9.17) is 16.3 Å². The average molecular weight is 418 g/mol. The molecule has 0 bridgehead atoms. The lowest BCUT2D eigenvalue weighted by atomic mass is 9.77. The molecule has 5 rings (SSSR count). The minimum absolute atomic E-state index is 0.0395. The quantitative estimate of drug-likeness (QED) is 0.614. The van der Waals surface area contributed by atoms with Crippen LogP contribution in [0.5, 0.6) is 17.2 Å². The number of anilines is 1. The number of rotatable bonds is 2. The number of fused-ring (bicyclic) bond motifs is 4. The third-order valence-corrected chi connectivity index (χ3v) is 6.46. The first kappa shape index (κ1) is 17.3. The van der Waals surface area contributed by atoms with Gasteiger partial charge in [-0.3, -0.25) is 4.79 Å². The largest absolute Gasteiger partial charge is 0.504 e. The van der Waals surface area contributed by atoms with Crippen molar-refractivity contribution in [2.24, 2.45) is 0 Å². The number of phenols is 2. The summed E-state index contributed by atoms with van der Waals surface area (Å²) in [5.74, 6) is -1.16. The first-order valence-electron chi connectivity index (χ1n) is 8.45. The lowest BCUT2D eigenvalue weighted by Gasteiger charge is -2.23. The lowest BCUT2D eigenvalue weighted by molar-refractivity contribution is -0.122. The fourth-order valence-corrected chi connectivity index (χ4v) is 5.04. The van der Waals surface area contributed by atoms with Crippen LogP contribution in [0.25, 0.3) is 0 Å². The highest BCUT2D eigenvalue weighted by molar-refractivity contribution is 7.16. The van der Waals surface area contributed by atoms with Crippen LogP contribution in [0.2, 0.25) is 4.34 Å². The Kier molecular flexibility index (Phi) is 3.63. The molecule has 0 aliphatic carbocycles. The van der Waals surface area contributed by atoms with Gasteiger partial charge in [-0.25, -0.2) is 4.39 Å². The van der Waals surface area contributed by atoms with Crippen molar-refractivity contribution in [1.82, 2.24) is 0 Å². The minimum atomic E-state index is -1.28. The topological polar surface area (TPSA) is 70.0 Å². The predicted octanol–water partition coefficient (Wildman–Crippen LogP) is 4.18. The molecule has 2 aliphatic heterocycles. The number of hydrogen-bond acceptors (Lipinski definition) is 5. The Morgan fingerprint density at radius 2 is 1.93 bits per heavy atom. The van der Waals surface area contributed by atoms with Crippen molar-refractivity contribution in [3.05, 3.63) is 68.6 Å². The Balaban J connectivity index is 1.70. The highest BCUT2D eigenvalue weighted by Gasteiger charge is 2.57. The monoisotopic (exact) mass is 417 g/mol. The van der Waals surface area contributed by atoms with Crippen molar-refractivity contribution in [3.8, 4) is 17.2 Å². The highest BCUT2D eigenvalue weighted by Crippen LogP contribution is 2.54. The van der Waals surface area contributed by atoms with E-state index >= 15 is 0 Å². The van der Waals surface area contributed by atoms with Crippen molar-refractivity contribution in [2.45, 2.75) is 12.0 Å². The minimum Gasteiger partial charge on any atom is -0.504 e. The molecule has 8 heteroatoms. The highest BCUT2D eigenvalue weighted by atomic mass is 35.5. The van der Waals surface area contributed by atoms with Gasteiger partial charge < -0.3 is 19.8 Å².